The molecule has 0 saturated heterocycles. The molecule has 2 N–H and O–H groups in total. The van der Waals surface area contributed by atoms with Crippen molar-refractivity contribution in [2.45, 2.75) is 64.7 Å². The van der Waals surface area contributed by atoms with Gasteiger partial charge in [-0.1, -0.05) is 59.2 Å². The Labute approximate surface area is 117 Å². The molecule has 1 rings (SSSR count). The molecule has 0 radical (unpaired) electrons. The molecule has 0 atom stereocenters. The highest BCUT2D eigenvalue weighted by Crippen LogP contribution is 2.40. The van der Waals surface area contributed by atoms with Crippen LogP contribution >= 0.6 is 0 Å². The lowest BCUT2D eigenvalue weighted by atomic mass is 9.76. The SMILES string of the molecule is CC(C)(C)c1cccc(C(C)(C)CCCCO)c1O. The highest BCUT2D eigenvalue weighted by Gasteiger charge is 2.27. The lowest BCUT2D eigenvalue weighted by Crippen LogP contribution is -2.20. The molecule has 0 bridgehead atoms. The van der Waals surface area contributed by atoms with Gasteiger partial charge in [-0.2, -0.15) is 0 Å². The van der Waals surface area contributed by atoms with Crippen LogP contribution in [0.15, 0.2) is 18.2 Å². The summed E-state index contributed by atoms with van der Waals surface area (Å²) in [7, 11) is 0. The zero-order valence-electron chi connectivity index (χ0n) is 13.0. The minimum atomic E-state index is -0.0689. The fraction of sp³-hybridized carbons (Fsp3) is 0.647. The van der Waals surface area contributed by atoms with E-state index in [1.807, 2.05) is 18.2 Å². The Balaban J connectivity index is 3.07. The van der Waals surface area contributed by atoms with E-state index in [1.165, 1.54) is 0 Å². The van der Waals surface area contributed by atoms with E-state index in [9.17, 15) is 5.11 Å². The van der Waals surface area contributed by atoms with Gasteiger partial charge < -0.3 is 10.2 Å². The molecule has 2 heteroatoms. The van der Waals surface area contributed by atoms with E-state index < -0.39 is 0 Å². The molecule has 1 aromatic carbocycles. The average molecular weight is 264 g/mol. The number of hydrogen-bond donors (Lipinski definition) is 2. The van der Waals surface area contributed by atoms with E-state index in [4.69, 9.17) is 5.11 Å². The van der Waals surface area contributed by atoms with Crippen molar-refractivity contribution in [2.24, 2.45) is 0 Å². The number of rotatable bonds is 5. The monoisotopic (exact) mass is 264 g/mol. The van der Waals surface area contributed by atoms with Gasteiger partial charge in [-0.05, 0) is 34.8 Å². The van der Waals surface area contributed by atoms with Crippen LogP contribution in [0.3, 0.4) is 0 Å². The molecule has 0 spiro atoms. The van der Waals surface area contributed by atoms with Crippen molar-refractivity contribution in [1.29, 1.82) is 0 Å². The maximum Gasteiger partial charge on any atom is 0.123 e. The molecule has 0 unspecified atom stereocenters. The third-order valence-corrected chi connectivity index (χ3v) is 3.78. The molecule has 0 aliphatic carbocycles. The van der Waals surface area contributed by atoms with E-state index in [0.29, 0.717) is 5.75 Å². The lowest BCUT2D eigenvalue weighted by Gasteiger charge is -2.29. The summed E-state index contributed by atoms with van der Waals surface area (Å²) < 4.78 is 0. The summed E-state index contributed by atoms with van der Waals surface area (Å²) in [5.74, 6) is 0.434. The Kier molecular flexibility index (Phi) is 5.03. The predicted octanol–water partition coefficient (Wildman–Crippen LogP) is 4.13. The van der Waals surface area contributed by atoms with Crippen molar-refractivity contribution < 1.29 is 10.2 Å². The van der Waals surface area contributed by atoms with E-state index in [2.05, 4.69) is 34.6 Å². The van der Waals surface area contributed by atoms with Gasteiger partial charge in [0.2, 0.25) is 0 Å². The van der Waals surface area contributed by atoms with Crippen molar-refractivity contribution in [2.75, 3.05) is 6.61 Å². The molecular weight excluding hydrogens is 236 g/mol. The molecule has 0 saturated carbocycles. The van der Waals surface area contributed by atoms with Crippen LogP contribution in [0.25, 0.3) is 0 Å². The van der Waals surface area contributed by atoms with Crippen molar-refractivity contribution in [3.8, 4) is 5.75 Å². The Hall–Kier alpha value is -1.02. The fourth-order valence-electron chi connectivity index (χ4n) is 2.51. The summed E-state index contributed by atoms with van der Waals surface area (Å²) >= 11 is 0. The summed E-state index contributed by atoms with van der Waals surface area (Å²) in [4.78, 5) is 0. The Morgan fingerprint density at radius 3 is 2.05 bits per heavy atom. The van der Waals surface area contributed by atoms with Crippen molar-refractivity contribution >= 4 is 0 Å². The van der Waals surface area contributed by atoms with Crippen LogP contribution in [0.4, 0.5) is 0 Å². The summed E-state index contributed by atoms with van der Waals surface area (Å²) in [6.45, 7) is 10.9. The normalized spacial score (nSPS) is 12.7. The lowest BCUT2D eigenvalue weighted by molar-refractivity contribution is 0.276. The molecule has 0 aromatic heterocycles. The largest absolute Gasteiger partial charge is 0.507 e. The topological polar surface area (TPSA) is 40.5 Å². The Morgan fingerprint density at radius 2 is 1.53 bits per heavy atom. The number of unbranched alkanes of at least 4 members (excludes halogenated alkanes) is 1. The molecule has 2 nitrogen and oxygen atoms in total. The molecule has 108 valence electrons. The van der Waals surface area contributed by atoms with Crippen LogP contribution < -0.4 is 0 Å². The van der Waals surface area contributed by atoms with Crippen molar-refractivity contribution in [3.05, 3.63) is 29.3 Å². The van der Waals surface area contributed by atoms with Gasteiger partial charge in [-0.15, -0.1) is 0 Å². The Morgan fingerprint density at radius 1 is 0.947 bits per heavy atom. The summed E-state index contributed by atoms with van der Waals surface area (Å²) in [6, 6.07) is 6.05. The van der Waals surface area contributed by atoms with Gasteiger partial charge in [0, 0.05) is 6.61 Å². The van der Waals surface area contributed by atoms with Gasteiger partial charge in [0.1, 0.15) is 5.75 Å². The first kappa shape index (κ1) is 16.0. The number of aromatic hydroxyl groups is 1. The number of phenols is 1. The third-order valence-electron chi connectivity index (χ3n) is 3.78. The van der Waals surface area contributed by atoms with E-state index in [1.54, 1.807) is 0 Å². The molecule has 0 amide bonds. The van der Waals surface area contributed by atoms with Gasteiger partial charge in [0.05, 0.1) is 0 Å². The number of para-hydroxylation sites is 1. The van der Waals surface area contributed by atoms with Gasteiger partial charge in [-0.25, -0.2) is 0 Å². The highest BCUT2D eigenvalue weighted by molar-refractivity contribution is 5.47. The summed E-state index contributed by atoms with van der Waals surface area (Å²) in [5.41, 5.74) is 1.89. The zero-order valence-corrected chi connectivity index (χ0v) is 13.0. The van der Waals surface area contributed by atoms with Gasteiger partial charge in [0.25, 0.3) is 0 Å². The van der Waals surface area contributed by atoms with Gasteiger partial charge >= 0.3 is 0 Å². The van der Waals surface area contributed by atoms with Crippen LogP contribution in [-0.2, 0) is 10.8 Å². The first-order valence-corrected chi connectivity index (χ1v) is 7.14. The predicted molar refractivity (Wildman–Crippen MR) is 80.8 cm³/mol. The maximum absolute atomic E-state index is 10.6. The second-order valence-electron chi connectivity index (χ2n) is 7.02. The third kappa shape index (κ3) is 3.97. The van der Waals surface area contributed by atoms with Crippen LogP contribution in [0.2, 0.25) is 0 Å². The first-order valence-electron chi connectivity index (χ1n) is 7.14. The van der Waals surface area contributed by atoms with Crippen molar-refractivity contribution in [3.63, 3.8) is 0 Å². The van der Waals surface area contributed by atoms with Crippen LogP contribution in [0.1, 0.15) is 65.0 Å². The van der Waals surface area contributed by atoms with Crippen LogP contribution in [0, 0.1) is 0 Å². The molecule has 19 heavy (non-hydrogen) atoms. The second-order valence-corrected chi connectivity index (χ2v) is 7.02. The number of aliphatic hydroxyl groups is 1. The number of aliphatic hydroxyl groups excluding tert-OH is 1. The second kappa shape index (κ2) is 5.96. The van der Waals surface area contributed by atoms with E-state index in [-0.39, 0.29) is 17.4 Å². The van der Waals surface area contributed by atoms with Gasteiger partial charge in [-0.3, -0.25) is 0 Å². The summed E-state index contributed by atoms with van der Waals surface area (Å²) in [6.07, 6.45) is 2.76. The van der Waals surface area contributed by atoms with Crippen LogP contribution in [-0.4, -0.2) is 16.8 Å². The maximum atomic E-state index is 10.6. The van der Waals surface area contributed by atoms with Crippen molar-refractivity contribution in [1.82, 2.24) is 0 Å². The highest BCUT2D eigenvalue weighted by atomic mass is 16.3. The average Bonchev–Trinajstić information content (AvgIpc) is 2.27. The van der Waals surface area contributed by atoms with Gasteiger partial charge in [0.15, 0.2) is 0 Å². The number of phenolic OH excluding ortho intramolecular Hbond substituents is 1. The molecular formula is C17H28O2. The zero-order chi connectivity index (χ0) is 14.7. The number of hydrogen-bond acceptors (Lipinski definition) is 2. The van der Waals surface area contributed by atoms with E-state index >= 15 is 0 Å². The molecule has 0 heterocycles. The first-order chi connectivity index (χ1) is 8.70. The summed E-state index contributed by atoms with van der Waals surface area (Å²) in [5, 5.41) is 19.5. The Bertz CT molecular complexity index is 414. The molecule has 0 fully saturated rings. The van der Waals surface area contributed by atoms with E-state index in [0.717, 1.165) is 30.4 Å². The smallest absolute Gasteiger partial charge is 0.123 e. The number of benzene rings is 1. The quantitative estimate of drug-likeness (QED) is 0.785. The fourth-order valence-corrected chi connectivity index (χ4v) is 2.51. The minimum absolute atomic E-state index is 0.0543. The molecule has 0 aliphatic rings. The van der Waals surface area contributed by atoms with Crippen LogP contribution in [0.5, 0.6) is 5.75 Å². The minimum Gasteiger partial charge on any atom is -0.507 e. The molecule has 1 aromatic rings. The standard InChI is InChI=1S/C17H28O2/c1-16(2,3)13-9-8-10-14(15(13)19)17(4,5)11-6-7-12-18/h8-10,18-19H,6-7,11-12H2,1-5H3. The molecule has 0 aliphatic heterocycles.